The monoisotopic (exact) mass is 329 g/mol. The zero-order valence-electron chi connectivity index (χ0n) is 14.3. The standard InChI is InChI=1S/C19H24FN3O/c1-3-23(2)18-10-9-14(13-22-18)12-21-17-8-5-11-24-19-15(17)6-4-7-16(19)20/h4,6-7,9-10,13,17,21H,3,5,8,11-12H2,1-2H3/t17-/m0/s1. The molecule has 1 aliphatic rings. The highest BCUT2D eigenvalue weighted by molar-refractivity contribution is 5.39. The molecule has 0 radical (unpaired) electrons. The maximum atomic E-state index is 14.0. The molecular formula is C19H24FN3O. The number of pyridine rings is 1. The lowest BCUT2D eigenvalue weighted by Gasteiger charge is -2.19. The summed E-state index contributed by atoms with van der Waals surface area (Å²) in [5.41, 5.74) is 2.02. The summed E-state index contributed by atoms with van der Waals surface area (Å²) in [5, 5.41) is 3.52. The van der Waals surface area contributed by atoms with Crippen LogP contribution in [0, 0.1) is 5.82 Å². The lowest BCUT2D eigenvalue weighted by molar-refractivity contribution is 0.300. The normalized spacial score (nSPS) is 16.9. The molecule has 4 nitrogen and oxygen atoms in total. The van der Waals surface area contributed by atoms with Gasteiger partial charge in [0.25, 0.3) is 0 Å². The minimum atomic E-state index is -0.283. The van der Waals surface area contributed by atoms with E-state index in [1.165, 1.54) is 6.07 Å². The number of para-hydroxylation sites is 1. The van der Waals surface area contributed by atoms with E-state index in [-0.39, 0.29) is 11.9 Å². The zero-order valence-corrected chi connectivity index (χ0v) is 14.3. The van der Waals surface area contributed by atoms with Crippen LogP contribution in [0.4, 0.5) is 10.2 Å². The molecule has 128 valence electrons. The van der Waals surface area contributed by atoms with Crippen molar-refractivity contribution in [2.24, 2.45) is 0 Å². The molecule has 0 bridgehead atoms. The first-order chi connectivity index (χ1) is 11.7. The van der Waals surface area contributed by atoms with Gasteiger partial charge in [-0.2, -0.15) is 0 Å². The van der Waals surface area contributed by atoms with Gasteiger partial charge in [-0.05, 0) is 37.5 Å². The van der Waals surface area contributed by atoms with Gasteiger partial charge in [0, 0.05) is 37.9 Å². The molecule has 2 heterocycles. The number of hydrogen-bond acceptors (Lipinski definition) is 4. The maximum Gasteiger partial charge on any atom is 0.165 e. The molecule has 1 atom stereocenters. The lowest BCUT2D eigenvalue weighted by atomic mass is 10.0. The summed E-state index contributed by atoms with van der Waals surface area (Å²) < 4.78 is 19.6. The second kappa shape index (κ2) is 7.62. The van der Waals surface area contributed by atoms with Gasteiger partial charge in [0.1, 0.15) is 5.82 Å². The van der Waals surface area contributed by atoms with Crippen LogP contribution in [0.5, 0.6) is 5.75 Å². The smallest absolute Gasteiger partial charge is 0.165 e. The Bertz CT molecular complexity index is 675. The number of anilines is 1. The Balaban J connectivity index is 1.69. The quantitative estimate of drug-likeness (QED) is 0.908. The Morgan fingerprint density at radius 1 is 1.33 bits per heavy atom. The maximum absolute atomic E-state index is 14.0. The summed E-state index contributed by atoms with van der Waals surface area (Å²) in [6.07, 6.45) is 3.74. The molecule has 1 aromatic heterocycles. The first kappa shape index (κ1) is 16.7. The molecular weight excluding hydrogens is 305 g/mol. The van der Waals surface area contributed by atoms with Gasteiger partial charge >= 0.3 is 0 Å². The highest BCUT2D eigenvalue weighted by Gasteiger charge is 2.21. The van der Waals surface area contributed by atoms with Crippen molar-refractivity contribution < 1.29 is 9.13 Å². The highest BCUT2D eigenvalue weighted by Crippen LogP contribution is 2.33. The van der Waals surface area contributed by atoms with Crippen molar-refractivity contribution in [2.45, 2.75) is 32.4 Å². The number of aromatic nitrogens is 1. The highest BCUT2D eigenvalue weighted by atomic mass is 19.1. The Labute approximate surface area is 142 Å². The average molecular weight is 329 g/mol. The third kappa shape index (κ3) is 3.67. The number of benzene rings is 1. The van der Waals surface area contributed by atoms with Crippen LogP contribution < -0.4 is 15.0 Å². The van der Waals surface area contributed by atoms with Gasteiger partial charge in [0.2, 0.25) is 0 Å². The van der Waals surface area contributed by atoms with Crippen molar-refractivity contribution in [1.29, 1.82) is 0 Å². The molecule has 0 unspecified atom stereocenters. The zero-order chi connectivity index (χ0) is 16.9. The second-order valence-electron chi connectivity index (χ2n) is 6.12. The molecule has 0 saturated heterocycles. The summed E-state index contributed by atoms with van der Waals surface area (Å²) in [6.45, 7) is 4.28. The topological polar surface area (TPSA) is 37.4 Å². The summed E-state index contributed by atoms with van der Waals surface area (Å²) in [4.78, 5) is 6.59. The van der Waals surface area contributed by atoms with E-state index in [0.29, 0.717) is 18.9 Å². The number of hydrogen-bond donors (Lipinski definition) is 1. The molecule has 0 saturated carbocycles. The van der Waals surface area contributed by atoms with Crippen LogP contribution in [0.2, 0.25) is 0 Å². The lowest BCUT2D eigenvalue weighted by Crippen LogP contribution is -2.21. The van der Waals surface area contributed by atoms with Gasteiger partial charge < -0.3 is 15.0 Å². The van der Waals surface area contributed by atoms with E-state index in [1.807, 2.05) is 25.4 Å². The fraction of sp³-hybridized carbons (Fsp3) is 0.421. The fourth-order valence-corrected chi connectivity index (χ4v) is 2.93. The van der Waals surface area contributed by atoms with Crippen LogP contribution in [0.3, 0.4) is 0 Å². The van der Waals surface area contributed by atoms with Crippen molar-refractivity contribution in [3.63, 3.8) is 0 Å². The third-order valence-corrected chi connectivity index (χ3v) is 4.48. The Morgan fingerprint density at radius 3 is 2.96 bits per heavy atom. The van der Waals surface area contributed by atoms with Crippen molar-refractivity contribution >= 4 is 5.82 Å². The number of nitrogens with one attached hydrogen (secondary N) is 1. The SMILES string of the molecule is CCN(C)c1ccc(CN[C@H]2CCCOc3c(F)cccc32)cn1. The van der Waals surface area contributed by atoms with Gasteiger partial charge in [0.15, 0.2) is 11.6 Å². The average Bonchev–Trinajstić information content (AvgIpc) is 2.83. The van der Waals surface area contributed by atoms with Crippen LogP contribution in [0.15, 0.2) is 36.5 Å². The van der Waals surface area contributed by atoms with E-state index in [4.69, 9.17) is 4.74 Å². The second-order valence-corrected chi connectivity index (χ2v) is 6.12. The van der Waals surface area contributed by atoms with Gasteiger partial charge in [-0.1, -0.05) is 18.2 Å². The van der Waals surface area contributed by atoms with Crippen LogP contribution >= 0.6 is 0 Å². The Hall–Kier alpha value is -2.14. The van der Waals surface area contributed by atoms with Crippen LogP contribution in [-0.4, -0.2) is 25.2 Å². The Kier molecular flexibility index (Phi) is 5.30. The number of nitrogens with zero attached hydrogens (tertiary/aromatic N) is 2. The molecule has 1 aromatic carbocycles. The van der Waals surface area contributed by atoms with Crippen molar-refractivity contribution in [3.05, 3.63) is 53.5 Å². The van der Waals surface area contributed by atoms with Crippen molar-refractivity contribution in [3.8, 4) is 5.75 Å². The molecule has 5 heteroatoms. The van der Waals surface area contributed by atoms with Crippen LogP contribution in [-0.2, 0) is 6.54 Å². The summed E-state index contributed by atoms with van der Waals surface area (Å²) in [7, 11) is 2.03. The fourth-order valence-electron chi connectivity index (χ4n) is 2.93. The van der Waals surface area contributed by atoms with E-state index in [1.54, 1.807) is 6.07 Å². The molecule has 2 aromatic rings. The molecule has 1 aliphatic heterocycles. The Morgan fingerprint density at radius 2 is 2.21 bits per heavy atom. The van der Waals surface area contributed by atoms with E-state index in [0.717, 1.165) is 36.3 Å². The number of fused-ring (bicyclic) bond motifs is 1. The molecule has 24 heavy (non-hydrogen) atoms. The largest absolute Gasteiger partial charge is 0.490 e. The molecule has 3 rings (SSSR count). The molecule has 0 spiro atoms. The number of halogens is 1. The number of rotatable bonds is 5. The van der Waals surface area contributed by atoms with E-state index < -0.39 is 0 Å². The van der Waals surface area contributed by atoms with E-state index >= 15 is 0 Å². The minimum absolute atomic E-state index is 0.0937. The third-order valence-electron chi connectivity index (χ3n) is 4.48. The van der Waals surface area contributed by atoms with E-state index in [2.05, 4.69) is 28.2 Å². The summed E-state index contributed by atoms with van der Waals surface area (Å²) >= 11 is 0. The predicted octanol–water partition coefficient (Wildman–Crippen LogP) is 3.68. The van der Waals surface area contributed by atoms with Crippen LogP contribution in [0.25, 0.3) is 0 Å². The first-order valence-corrected chi connectivity index (χ1v) is 8.49. The van der Waals surface area contributed by atoms with Gasteiger partial charge in [-0.15, -0.1) is 0 Å². The minimum Gasteiger partial charge on any atom is -0.490 e. The van der Waals surface area contributed by atoms with Crippen molar-refractivity contribution in [2.75, 3.05) is 25.1 Å². The molecule has 0 fully saturated rings. The molecule has 0 aliphatic carbocycles. The number of ether oxygens (including phenoxy) is 1. The summed E-state index contributed by atoms with van der Waals surface area (Å²) in [5.74, 6) is 1.08. The van der Waals surface area contributed by atoms with Crippen molar-refractivity contribution in [1.82, 2.24) is 10.3 Å². The molecule has 1 N–H and O–H groups in total. The molecule has 0 amide bonds. The first-order valence-electron chi connectivity index (χ1n) is 8.49. The predicted molar refractivity (Wildman–Crippen MR) is 93.9 cm³/mol. The van der Waals surface area contributed by atoms with Crippen LogP contribution in [0.1, 0.15) is 36.9 Å². The van der Waals surface area contributed by atoms with Gasteiger partial charge in [-0.25, -0.2) is 9.37 Å². The van der Waals surface area contributed by atoms with Gasteiger partial charge in [-0.3, -0.25) is 0 Å². The summed E-state index contributed by atoms with van der Waals surface area (Å²) in [6, 6.07) is 9.35. The van der Waals surface area contributed by atoms with Gasteiger partial charge in [0.05, 0.1) is 6.61 Å². The van der Waals surface area contributed by atoms with E-state index in [9.17, 15) is 4.39 Å².